The van der Waals surface area contributed by atoms with Gasteiger partial charge in [0.1, 0.15) is 0 Å². The Bertz CT molecular complexity index is 450. The van der Waals surface area contributed by atoms with Crippen LogP contribution in [-0.2, 0) is 9.84 Å². The second kappa shape index (κ2) is 6.05. The largest absolute Gasteiger partial charge is 0.501 e. The molecule has 0 saturated heterocycles. The SMILES string of the molecule is CCC.Cc1ccccc1S(=O)(=O)C(F)(F)F. The molecule has 0 bridgehead atoms. The number of hydrogen-bond acceptors (Lipinski definition) is 2. The maximum Gasteiger partial charge on any atom is 0.501 e. The topological polar surface area (TPSA) is 34.1 Å². The summed E-state index contributed by atoms with van der Waals surface area (Å²) in [5.74, 6) is 0. The van der Waals surface area contributed by atoms with Gasteiger partial charge in [-0.05, 0) is 18.6 Å². The van der Waals surface area contributed by atoms with Crippen LogP contribution in [0.25, 0.3) is 0 Å². The molecule has 2 nitrogen and oxygen atoms in total. The van der Waals surface area contributed by atoms with Crippen molar-refractivity contribution in [3.63, 3.8) is 0 Å². The monoisotopic (exact) mass is 268 g/mol. The molecule has 0 aliphatic carbocycles. The van der Waals surface area contributed by atoms with Gasteiger partial charge >= 0.3 is 5.51 Å². The van der Waals surface area contributed by atoms with Crippen molar-refractivity contribution < 1.29 is 21.6 Å². The van der Waals surface area contributed by atoms with Gasteiger partial charge in [0.25, 0.3) is 9.84 Å². The highest BCUT2D eigenvalue weighted by atomic mass is 32.2. The van der Waals surface area contributed by atoms with E-state index in [0.717, 1.165) is 6.07 Å². The molecule has 0 unspecified atom stereocenters. The molecule has 1 aromatic carbocycles. The number of sulfone groups is 1. The Kier molecular flexibility index (Phi) is 5.68. The predicted molar refractivity (Wildman–Crippen MR) is 60.4 cm³/mol. The van der Waals surface area contributed by atoms with Gasteiger partial charge < -0.3 is 0 Å². The van der Waals surface area contributed by atoms with Crippen LogP contribution in [0, 0.1) is 6.92 Å². The summed E-state index contributed by atoms with van der Waals surface area (Å²) in [6.07, 6.45) is 1.25. The van der Waals surface area contributed by atoms with Crippen LogP contribution in [0.5, 0.6) is 0 Å². The van der Waals surface area contributed by atoms with E-state index in [1.54, 1.807) is 0 Å². The first-order valence-electron chi connectivity index (χ1n) is 5.05. The summed E-state index contributed by atoms with van der Waals surface area (Å²) >= 11 is 0. The Morgan fingerprint density at radius 2 is 1.53 bits per heavy atom. The highest BCUT2D eigenvalue weighted by Crippen LogP contribution is 2.31. The van der Waals surface area contributed by atoms with E-state index in [0.29, 0.717) is 0 Å². The lowest BCUT2D eigenvalue weighted by Gasteiger charge is -2.09. The van der Waals surface area contributed by atoms with Crippen LogP contribution in [-0.4, -0.2) is 13.9 Å². The molecule has 0 fully saturated rings. The number of alkyl halides is 3. The Balaban J connectivity index is 0.000000770. The van der Waals surface area contributed by atoms with Crippen molar-refractivity contribution in [2.75, 3.05) is 0 Å². The molecule has 0 aliphatic heterocycles. The van der Waals surface area contributed by atoms with Gasteiger partial charge in [0, 0.05) is 0 Å². The standard InChI is InChI=1S/C8H7F3O2S.C3H8/c1-6-4-2-3-5-7(6)14(12,13)8(9,10)11;1-3-2/h2-5H,1H3;3H2,1-2H3. The average Bonchev–Trinajstić information content (AvgIpc) is 2.17. The summed E-state index contributed by atoms with van der Waals surface area (Å²) in [4.78, 5) is -0.687. The zero-order valence-corrected chi connectivity index (χ0v) is 10.7. The van der Waals surface area contributed by atoms with E-state index in [1.165, 1.54) is 31.5 Å². The minimum absolute atomic E-state index is 0.0878. The zero-order chi connectivity index (χ0) is 13.7. The van der Waals surface area contributed by atoms with Crippen molar-refractivity contribution in [3.8, 4) is 0 Å². The van der Waals surface area contributed by atoms with Gasteiger partial charge in [0.15, 0.2) is 0 Å². The van der Waals surface area contributed by atoms with E-state index < -0.39 is 20.2 Å². The van der Waals surface area contributed by atoms with Gasteiger partial charge in [0.05, 0.1) is 4.90 Å². The fourth-order valence-electron chi connectivity index (χ4n) is 0.983. The molecule has 0 aromatic heterocycles. The maximum atomic E-state index is 12.1. The van der Waals surface area contributed by atoms with E-state index >= 15 is 0 Å². The van der Waals surface area contributed by atoms with Gasteiger partial charge in [0.2, 0.25) is 0 Å². The second-order valence-electron chi connectivity index (χ2n) is 3.42. The van der Waals surface area contributed by atoms with Crippen LogP contribution in [0.2, 0.25) is 0 Å². The van der Waals surface area contributed by atoms with Crippen molar-refractivity contribution in [3.05, 3.63) is 29.8 Å². The molecule has 1 rings (SSSR count). The summed E-state index contributed by atoms with van der Waals surface area (Å²) in [6.45, 7) is 5.57. The molecular weight excluding hydrogens is 253 g/mol. The number of halogens is 3. The molecule has 0 aliphatic rings. The lowest BCUT2D eigenvalue weighted by Crippen LogP contribution is -2.23. The predicted octanol–water partition coefficient (Wildman–Crippen LogP) is 3.70. The second-order valence-corrected chi connectivity index (χ2v) is 5.33. The molecule has 6 heteroatoms. The Hall–Kier alpha value is -1.04. The van der Waals surface area contributed by atoms with E-state index in [4.69, 9.17) is 0 Å². The van der Waals surface area contributed by atoms with Crippen LogP contribution in [0.15, 0.2) is 29.2 Å². The minimum atomic E-state index is -5.24. The van der Waals surface area contributed by atoms with Crippen LogP contribution < -0.4 is 0 Å². The lowest BCUT2D eigenvalue weighted by atomic mass is 10.2. The Morgan fingerprint density at radius 3 is 1.88 bits per heavy atom. The molecule has 17 heavy (non-hydrogen) atoms. The molecule has 0 radical (unpaired) electrons. The Morgan fingerprint density at radius 1 is 1.12 bits per heavy atom. The molecular formula is C11H15F3O2S. The first-order chi connectivity index (χ1) is 7.68. The average molecular weight is 268 g/mol. The molecule has 98 valence electrons. The van der Waals surface area contributed by atoms with Crippen molar-refractivity contribution in [1.82, 2.24) is 0 Å². The molecule has 1 aromatic rings. The van der Waals surface area contributed by atoms with E-state index in [9.17, 15) is 21.6 Å². The third-order valence-electron chi connectivity index (χ3n) is 1.69. The first kappa shape index (κ1) is 16.0. The van der Waals surface area contributed by atoms with E-state index in [2.05, 4.69) is 13.8 Å². The van der Waals surface area contributed by atoms with Gasteiger partial charge in [-0.2, -0.15) is 13.2 Å². The van der Waals surface area contributed by atoms with Crippen molar-refractivity contribution in [1.29, 1.82) is 0 Å². The summed E-state index contributed by atoms with van der Waals surface area (Å²) < 4.78 is 58.2. The van der Waals surface area contributed by atoms with Gasteiger partial charge in [-0.1, -0.05) is 38.5 Å². The summed E-state index contributed by atoms with van der Waals surface area (Å²) in [6, 6.07) is 4.99. The molecule has 0 N–H and O–H groups in total. The van der Waals surface area contributed by atoms with E-state index in [1.807, 2.05) is 0 Å². The van der Waals surface area contributed by atoms with Crippen molar-refractivity contribution >= 4 is 9.84 Å². The van der Waals surface area contributed by atoms with E-state index in [-0.39, 0.29) is 5.56 Å². The third-order valence-corrected chi connectivity index (χ3v) is 3.33. The van der Waals surface area contributed by atoms with Gasteiger partial charge in [-0.25, -0.2) is 8.42 Å². The van der Waals surface area contributed by atoms with Crippen molar-refractivity contribution in [2.24, 2.45) is 0 Å². The minimum Gasteiger partial charge on any atom is -0.214 e. The highest BCUT2D eigenvalue weighted by Gasteiger charge is 2.47. The smallest absolute Gasteiger partial charge is 0.214 e. The number of rotatable bonds is 1. The molecule has 0 heterocycles. The zero-order valence-electron chi connectivity index (χ0n) is 9.88. The normalized spacial score (nSPS) is 11.6. The van der Waals surface area contributed by atoms with Crippen LogP contribution in [0.4, 0.5) is 13.2 Å². The van der Waals surface area contributed by atoms with Gasteiger partial charge in [-0.3, -0.25) is 0 Å². The van der Waals surface area contributed by atoms with Crippen LogP contribution in [0.3, 0.4) is 0 Å². The molecule has 0 atom stereocenters. The highest BCUT2D eigenvalue weighted by molar-refractivity contribution is 7.92. The lowest BCUT2D eigenvalue weighted by molar-refractivity contribution is -0.0436. The summed E-state index contributed by atoms with van der Waals surface area (Å²) in [7, 11) is -5.21. The Labute approximate surface area is 99.4 Å². The number of benzene rings is 1. The van der Waals surface area contributed by atoms with Gasteiger partial charge in [-0.15, -0.1) is 0 Å². The summed E-state index contributed by atoms with van der Waals surface area (Å²) in [5, 5.41) is 0. The quantitative estimate of drug-likeness (QED) is 0.778. The van der Waals surface area contributed by atoms with Crippen LogP contribution >= 0.6 is 0 Å². The number of aryl methyl sites for hydroxylation is 1. The molecule has 0 amide bonds. The molecule has 0 saturated carbocycles. The van der Waals surface area contributed by atoms with Crippen molar-refractivity contribution in [2.45, 2.75) is 37.6 Å². The first-order valence-corrected chi connectivity index (χ1v) is 6.53. The summed E-state index contributed by atoms with van der Waals surface area (Å²) in [5.41, 5.74) is -5.15. The fourth-order valence-corrected chi connectivity index (χ4v) is 1.98. The number of hydrogen-bond donors (Lipinski definition) is 0. The maximum absolute atomic E-state index is 12.1. The third kappa shape index (κ3) is 4.03. The fraction of sp³-hybridized carbons (Fsp3) is 0.455. The van der Waals surface area contributed by atoms with Crippen LogP contribution in [0.1, 0.15) is 25.8 Å². The molecule has 0 spiro atoms.